The van der Waals surface area contributed by atoms with E-state index in [-0.39, 0.29) is 11.6 Å². The minimum Gasteiger partial charge on any atom is -0.348 e. The largest absolute Gasteiger partial charge is 0.348 e. The lowest BCUT2D eigenvalue weighted by molar-refractivity contribution is 0.601. The van der Waals surface area contributed by atoms with Gasteiger partial charge in [0.15, 0.2) is 9.84 Å². The third kappa shape index (κ3) is 1.95. The Morgan fingerprint density at radius 2 is 2.06 bits per heavy atom. The molecule has 16 heavy (non-hydrogen) atoms. The third-order valence-corrected chi connectivity index (χ3v) is 3.29. The monoisotopic (exact) mass is 241 g/mol. The minimum absolute atomic E-state index is 0.0617. The Bertz CT molecular complexity index is 643. The second-order valence-corrected chi connectivity index (χ2v) is 6.11. The number of halogens is 1. The van der Waals surface area contributed by atoms with Crippen LogP contribution in [0, 0.1) is 5.82 Å². The van der Waals surface area contributed by atoms with Crippen LogP contribution in [0.25, 0.3) is 10.9 Å². The van der Waals surface area contributed by atoms with Crippen LogP contribution >= 0.6 is 0 Å². The summed E-state index contributed by atoms with van der Waals surface area (Å²) < 4.78 is 37.6. The predicted octanol–water partition coefficient (Wildman–Crippen LogP) is 1.86. The van der Waals surface area contributed by atoms with Gasteiger partial charge in [0.05, 0.1) is 11.3 Å². The smallest absolute Gasteiger partial charge is 0.151 e. The number of hydrogen-bond acceptors (Lipinski definition) is 2. The average molecular weight is 241 g/mol. The highest BCUT2D eigenvalue weighted by Gasteiger charge is 2.13. The van der Waals surface area contributed by atoms with Crippen LogP contribution in [-0.4, -0.2) is 19.2 Å². The van der Waals surface area contributed by atoms with E-state index in [0.717, 1.165) is 0 Å². The van der Waals surface area contributed by atoms with Gasteiger partial charge in [-0.25, -0.2) is 12.8 Å². The van der Waals surface area contributed by atoms with Crippen molar-refractivity contribution in [2.75, 3.05) is 6.26 Å². The van der Waals surface area contributed by atoms with Gasteiger partial charge in [-0.15, -0.1) is 0 Å². The predicted molar refractivity (Wildman–Crippen MR) is 61.4 cm³/mol. The van der Waals surface area contributed by atoms with Crippen molar-refractivity contribution in [2.24, 2.45) is 7.05 Å². The highest BCUT2D eigenvalue weighted by molar-refractivity contribution is 7.89. The molecule has 0 aliphatic carbocycles. The van der Waals surface area contributed by atoms with Gasteiger partial charge in [0, 0.05) is 24.9 Å². The van der Waals surface area contributed by atoms with Crippen molar-refractivity contribution in [1.82, 2.24) is 4.57 Å². The molecule has 5 heteroatoms. The number of nitrogens with zero attached hydrogens (tertiary/aromatic N) is 1. The number of fused-ring (bicyclic) bond motifs is 1. The molecule has 1 heterocycles. The van der Waals surface area contributed by atoms with E-state index in [9.17, 15) is 12.8 Å². The maximum atomic E-state index is 13.5. The van der Waals surface area contributed by atoms with Gasteiger partial charge in [0.25, 0.3) is 0 Å². The minimum atomic E-state index is -3.10. The zero-order valence-corrected chi connectivity index (χ0v) is 9.88. The van der Waals surface area contributed by atoms with Crippen molar-refractivity contribution in [3.63, 3.8) is 0 Å². The number of sulfone groups is 1. The van der Waals surface area contributed by atoms with Gasteiger partial charge in [-0.2, -0.15) is 0 Å². The van der Waals surface area contributed by atoms with Gasteiger partial charge >= 0.3 is 0 Å². The molecule has 2 rings (SSSR count). The van der Waals surface area contributed by atoms with Crippen molar-refractivity contribution >= 4 is 20.7 Å². The summed E-state index contributed by atoms with van der Waals surface area (Å²) in [5, 5.41) is 0.660. The highest BCUT2D eigenvalue weighted by Crippen LogP contribution is 2.24. The van der Waals surface area contributed by atoms with Gasteiger partial charge in [-0.3, -0.25) is 0 Å². The summed E-state index contributed by atoms with van der Waals surface area (Å²) >= 11 is 0. The van der Waals surface area contributed by atoms with Crippen LogP contribution in [0.3, 0.4) is 0 Å². The normalized spacial score (nSPS) is 12.2. The van der Waals surface area contributed by atoms with Crippen LogP contribution in [0.2, 0.25) is 0 Å². The molecule has 0 amide bonds. The average Bonchev–Trinajstić information content (AvgIpc) is 2.42. The summed E-state index contributed by atoms with van der Waals surface area (Å²) in [6, 6.07) is 4.69. The maximum absolute atomic E-state index is 13.5. The Labute approximate surface area is 93.4 Å². The molecule has 0 aliphatic heterocycles. The SMILES string of the molecule is Cn1cc(CS(C)(=O)=O)c2cccc(F)c21. The molecule has 0 aliphatic rings. The molecule has 0 unspecified atom stereocenters. The summed E-state index contributed by atoms with van der Waals surface area (Å²) in [6.45, 7) is 0. The van der Waals surface area contributed by atoms with Crippen molar-refractivity contribution in [3.05, 3.63) is 35.8 Å². The number of hydrogen-bond donors (Lipinski definition) is 0. The van der Waals surface area contributed by atoms with Crippen molar-refractivity contribution in [2.45, 2.75) is 5.75 Å². The van der Waals surface area contributed by atoms with Crippen LogP contribution in [0.1, 0.15) is 5.56 Å². The molecule has 86 valence electrons. The number of benzene rings is 1. The fourth-order valence-electron chi connectivity index (χ4n) is 1.90. The van der Waals surface area contributed by atoms with E-state index >= 15 is 0 Å². The number of aryl methyl sites for hydroxylation is 1. The molecule has 0 saturated carbocycles. The van der Waals surface area contributed by atoms with E-state index in [4.69, 9.17) is 0 Å². The topological polar surface area (TPSA) is 39.1 Å². The van der Waals surface area contributed by atoms with Gasteiger partial charge < -0.3 is 4.57 Å². The first-order valence-electron chi connectivity index (χ1n) is 4.78. The Morgan fingerprint density at radius 3 is 2.69 bits per heavy atom. The van der Waals surface area contributed by atoms with Crippen LogP contribution in [-0.2, 0) is 22.6 Å². The molecular weight excluding hydrogens is 229 g/mol. The van der Waals surface area contributed by atoms with E-state index in [0.29, 0.717) is 16.5 Å². The summed E-state index contributed by atoms with van der Waals surface area (Å²) in [5.74, 6) is -0.395. The highest BCUT2D eigenvalue weighted by atomic mass is 32.2. The van der Waals surface area contributed by atoms with E-state index in [2.05, 4.69) is 0 Å². The van der Waals surface area contributed by atoms with E-state index in [1.165, 1.54) is 12.3 Å². The molecule has 0 radical (unpaired) electrons. The molecule has 0 spiro atoms. The molecule has 3 nitrogen and oxygen atoms in total. The fourth-order valence-corrected chi connectivity index (χ4v) is 2.69. The van der Waals surface area contributed by atoms with Gasteiger partial charge in [-0.05, 0) is 11.6 Å². The van der Waals surface area contributed by atoms with Gasteiger partial charge in [0.1, 0.15) is 5.82 Å². The third-order valence-electron chi connectivity index (χ3n) is 2.45. The quantitative estimate of drug-likeness (QED) is 0.805. The first-order chi connectivity index (χ1) is 7.38. The zero-order valence-electron chi connectivity index (χ0n) is 9.07. The molecule has 0 saturated heterocycles. The van der Waals surface area contributed by atoms with E-state index in [1.54, 1.807) is 29.9 Å². The number of rotatable bonds is 2. The van der Waals surface area contributed by atoms with Crippen molar-refractivity contribution in [3.8, 4) is 0 Å². The summed E-state index contributed by atoms with van der Waals surface area (Å²) in [6.07, 6.45) is 2.83. The van der Waals surface area contributed by atoms with Crippen LogP contribution in [0.15, 0.2) is 24.4 Å². The second-order valence-electron chi connectivity index (χ2n) is 3.97. The maximum Gasteiger partial charge on any atom is 0.151 e. The Balaban J connectivity index is 2.69. The van der Waals surface area contributed by atoms with E-state index in [1.807, 2.05) is 0 Å². The molecule has 0 N–H and O–H groups in total. The summed E-state index contributed by atoms with van der Waals surface area (Å²) in [7, 11) is -1.40. The molecule has 1 aromatic carbocycles. The lowest BCUT2D eigenvalue weighted by Gasteiger charge is -1.97. The van der Waals surface area contributed by atoms with Crippen LogP contribution in [0.4, 0.5) is 4.39 Å². The lowest BCUT2D eigenvalue weighted by atomic mass is 10.2. The van der Waals surface area contributed by atoms with Crippen LogP contribution < -0.4 is 0 Å². The first kappa shape index (κ1) is 11.1. The fraction of sp³-hybridized carbons (Fsp3) is 0.273. The molecule has 0 bridgehead atoms. The molecular formula is C11H12FNO2S. The summed E-state index contributed by atoms with van der Waals surface area (Å²) in [5.41, 5.74) is 1.08. The van der Waals surface area contributed by atoms with Gasteiger partial charge in [0.2, 0.25) is 0 Å². The second kappa shape index (κ2) is 3.59. The van der Waals surface area contributed by atoms with E-state index < -0.39 is 9.84 Å². The van der Waals surface area contributed by atoms with Crippen LogP contribution in [0.5, 0.6) is 0 Å². The lowest BCUT2D eigenvalue weighted by Crippen LogP contribution is -1.99. The molecule has 2 aromatic rings. The van der Waals surface area contributed by atoms with Crippen molar-refractivity contribution < 1.29 is 12.8 Å². The number of para-hydroxylation sites is 1. The summed E-state index contributed by atoms with van der Waals surface area (Å²) in [4.78, 5) is 0. The van der Waals surface area contributed by atoms with Gasteiger partial charge in [-0.1, -0.05) is 12.1 Å². The molecule has 0 fully saturated rings. The standard InChI is InChI=1S/C11H12FNO2S/c1-13-6-8(7-16(2,14)15)9-4-3-5-10(12)11(9)13/h3-6H,7H2,1-2H3. The van der Waals surface area contributed by atoms with Crippen molar-refractivity contribution in [1.29, 1.82) is 0 Å². The number of aromatic nitrogens is 1. The zero-order chi connectivity index (χ0) is 11.9. The Hall–Kier alpha value is -1.36. The first-order valence-corrected chi connectivity index (χ1v) is 6.85. The molecule has 1 aromatic heterocycles. The Morgan fingerprint density at radius 1 is 1.38 bits per heavy atom. The molecule has 0 atom stereocenters. The Kier molecular flexibility index (Phi) is 2.50.